The topological polar surface area (TPSA) is 48.1 Å². The van der Waals surface area contributed by atoms with Gasteiger partial charge in [-0.15, -0.1) is 0 Å². The fraction of sp³-hybridized carbons (Fsp3) is 0.333. The molecule has 0 spiro atoms. The maximum absolute atomic E-state index is 12.1. The van der Waals surface area contributed by atoms with Gasteiger partial charge in [0.05, 0.1) is 10.4 Å². The molecule has 0 saturated carbocycles. The van der Waals surface area contributed by atoms with Crippen LogP contribution in [0.15, 0.2) is 30.5 Å². The van der Waals surface area contributed by atoms with Crippen LogP contribution in [-0.4, -0.2) is 15.7 Å². The van der Waals surface area contributed by atoms with Gasteiger partial charge in [-0.05, 0) is 18.6 Å². The van der Waals surface area contributed by atoms with E-state index in [1.54, 1.807) is 22.9 Å². The summed E-state index contributed by atoms with van der Waals surface area (Å²) in [5.74, 6) is 0. The molecule has 0 amide bonds. The Kier molecular flexibility index (Phi) is 3.46. The molecule has 0 aliphatic rings. The Morgan fingerprint density at radius 1 is 1.26 bits per heavy atom. The number of halogens is 3. The van der Waals surface area contributed by atoms with Crippen LogP contribution in [0.3, 0.4) is 0 Å². The summed E-state index contributed by atoms with van der Waals surface area (Å²) in [5.41, 5.74) is 0.514. The third-order valence-electron chi connectivity index (χ3n) is 2.83. The van der Waals surface area contributed by atoms with Gasteiger partial charge in [0.1, 0.15) is 0 Å². The van der Waals surface area contributed by atoms with Gasteiger partial charge in [0, 0.05) is 36.7 Å². The molecule has 2 aromatic rings. The molecule has 0 saturated heterocycles. The average molecular weight is 272 g/mol. The summed E-state index contributed by atoms with van der Waals surface area (Å²) < 4.78 is 37.8. The van der Waals surface area contributed by atoms with Gasteiger partial charge >= 0.3 is 6.18 Å². The van der Waals surface area contributed by atoms with Gasteiger partial charge in [0.15, 0.2) is 0 Å². The number of nitro benzene ring substituents is 1. The highest BCUT2D eigenvalue weighted by molar-refractivity contribution is 5.82. The monoisotopic (exact) mass is 272 g/mol. The molecular formula is C12H11F3N2O2. The third kappa shape index (κ3) is 3.24. The highest BCUT2D eigenvalue weighted by Crippen LogP contribution is 2.25. The minimum Gasteiger partial charge on any atom is -0.347 e. The fourth-order valence-electron chi connectivity index (χ4n) is 1.93. The van der Waals surface area contributed by atoms with E-state index in [1.807, 2.05) is 0 Å². The molecule has 2 rings (SSSR count). The van der Waals surface area contributed by atoms with E-state index >= 15 is 0 Å². The molecule has 1 aromatic heterocycles. The zero-order valence-electron chi connectivity index (χ0n) is 9.85. The van der Waals surface area contributed by atoms with Crippen molar-refractivity contribution in [3.05, 3.63) is 40.6 Å². The average Bonchev–Trinajstić information content (AvgIpc) is 2.70. The van der Waals surface area contributed by atoms with Crippen LogP contribution in [-0.2, 0) is 6.54 Å². The van der Waals surface area contributed by atoms with Crippen molar-refractivity contribution in [2.45, 2.75) is 25.6 Å². The summed E-state index contributed by atoms with van der Waals surface area (Å²) in [4.78, 5) is 10.1. The van der Waals surface area contributed by atoms with Gasteiger partial charge in [0.25, 0.3) is 5.69 Å². The normalized spacial score (nSPS) is 11.9. The summed E-state index contributed by atoms with van der Waals surface area (Å²) in [6.07, 6.45) is -3.43. The number of rotatable bonds is 4. The first-order chi connectivity index (χ1) is 8.87. The van der Waals surface area contributed by atoms with Crippen molar-refractivity contribution in [3.63, 3.8) is 0 Å². The Labute approximate surface area is 106 Å². The molecule has 1 aromatic carbocycles. The van der Waals surface area contributed by atoms with Gasteiger partial charge in [-0.25, -0.2) is 0 Å². The highest BCUT2D eigenvalue weighted by atomic mass is 19.4. The van der Waals surface area contributed by atoms with Crippen molar-refractivity contribution in [2.24, 2.45) is 0 Å². The zero-order chi connectivity index (χ0) is 14.0. The second-order valence-electron chi connectivity index (χ2n) is 4.23. The number of alkyl halides is 3. The Balaban J connectivity index is 2.19. The molecule has 0 aliphatic carbocycles. The summed E-state index contributed by atoms with van der Waals surface area (Å²) in [7, 11) is 0. The van der Waals surface area contributed by atoms with Crippen LogP contribution in [0, 0.1) is 10.1 Å². The summed E-state index contributed by atoms with van der Waals surface area (Å²) >= 11 is 0. The van der Waals surface area contributed by atoms with Crippen molar-refractivity contribution in [1.82, 2.24) is 4.57 Å². The number of aromatic nitrogens is 1. The summed E-state index contributed by atoms with van der Waals surface area (Å²) in [5, 5.41) is 11.4. The van der Waals surface area contributed by atoms with E-state index in [1.165, 1.54) is 12.1 Å². The minimum absolute atomic E-state index is 0.0457. The van der Waals surface area contributed by atoms with E-state index in [9.17, 15) is 23.3 Å². The second-order valence-corrected chi connectivity index (χ2v) is 4.23. The molecule has 0 atom stereocenters. The van der Waals surface area contributed by atoms with Crippen LogP contribution in [0.5, 0.6) is 0 Å². The van der Waals surface area contributed by atoms with Crippen molar-refractivity contribution in [2.75, 3.05) is 0 Å². The first-order valence-corrected chi connectivity index (χ1v) is 5.67. The van der Waals surface area contributed by atoms with Crippen molar-refractivity contribution in [3.8, 4) is 0 Å². The molecule has 4 nitrogen and oxygen atoms in total. The zero-order valence-corrected chi connectivity index (χ0v) is 9.85. The number of nitrogens with zero attached hydrogens (tertiary/aromatic N) is 2. The number of hydrogen-bond donors (Lipinski definition) is 0. The molecule has 0 aliphatic heterocycles. The summed E-state index contributed by atoms with van der Waals surface area (Å²) in [6, 6.07) is 6.08. The maximum Gasteiger partial charge on any atom is 0.389 e. The predicted molar refractivity (Wildman–Crippen MR) is 63.9 cm³/mol. The van der Waals surface area contributed by atoms with Crippen LogP contribution in [0.1, 0.15) is 12.8 Å². The Bertz CT molecular complexity index is 605. The molecule has 0 radical (unpaired) electrons. The highest BCUT2D eigenvalue weighted by Gasteiger charge is 2.26. The van der Waals surface area contributed by atoms with Crippen LogP contribution in [0.2, 0.25) is 0 Å². The quantitative estimate of drug-likeness (QED) is 0.626. The van der Waals surface area contributed by atoms with Crippen molar-refractivity contribution >= 4 is 16.6 Å². The second kappa shape index (κ2) is 4.91. The van der Waals surface area contributed by atoms with E-state index < -0.39 is 17.5 Å². The lowest BCUT2D eigenvalue weighted by atomic mass is 10.2. The summed E-state index contributed by atoms with van der Waals surface area (Å²) in [6.45, 7) is 0.185. The number of nitro groups is 1. The Morgan fingerprint density at radius 2 is 2.00 bits per heavy atom. The van der Waals surface area contributed by atoms with E-state index in [4.69, 9.17) is 0 Å². The molecule has 0 N–H and O–H groups in total. The Hall–Kier alpha value is -2.05. The first-order valence-electron chi connectivity index (χ1n) is 5.67. The van der Waals surface area contributed by atoms with Crippen LogP contribution < -0.4 is 0 Å². The van der Waals surface area contributed by atoms with E-state index in [2.05, 4.69) is 0 Å². The molecule has 0 unspecified atom stereocenters. The van der Waals surface area contributed by atoms with Crippen LogP contribution >= 0.6 is 0 Å². The largest absolute Gasteiger partial charge is 0.389 e. The molecule has 102 valence electrons. The SMILES string of the molecule is O=[N+]([O-])c1ccc2ccn(CCCC(F)(F)F)c2c1. The lowest BCUT2D eigenvalue weighted by Gasteiger charge is -2.07. The minimum atomic E-state index is -4.17. The molecule has 7 heteroatoms. The van der Waals surface area contributed by atoms with E-state index in [0.717, 1.165) is 5.39 Å². The van der Waals surface area contributed by atoms with Gasteiger partial charge in [0.2, 0.25) is 0 Å². The fourth-order valence-corrected chi connectivity index (χ4v) is 1.93. The van der Waals surface area contributed by atoms with Gasteiger partial charge in [-0.2, -0.15) is 13.2 Å². The molecule has 0 bridgehead atoms. The van der Waals surface area contributed by atoms with Crippen LogP contribution in [0.25, 0.3) is 10.9 Å². The lowest BCUT2D eigenvalue weighted by Crippen LogP contribution is -2.08. The number of benzene rings is 1. The lowest BCUT2D eigenvalue weighted by molar-refractivity contribution is -0.384. The van der Waals surface area contributed by atoms with E-state index in [-0.39, 0.29) is 18.7 Å². The number of aryl methyl sites for hydroxylation is 1. The van der Waals surface area contributed by atoms with Gasteiger partial charge in [-0.3, -0.25) is 10.1 Å². The number of non-ortho nitro benzene ring substituents is 1. The van der Waals surface area contributed by atoms with Crippen molar-refractivity contribution < 1.29 is 18.1 Å². The van der Waals surface area contributed by atoms with E-state index in [0.29, 0.717) is 5.52 Å². The number of hydrogen-bond acceptors (Lipinski definition) is 2. The van der Waals surface area contributed by atoms with Crippen molar-refractivity contribution in [1.29, 1.82) is 0 Å². The standard InChI is InChI=1S/C12H11F3N2O2/c13-12(14,15)5-1-6-16-7-4-9-2-3-10(17(18)19)8-11(9)16/h2-4,7-8H,1,5-6H2. The molecule has 0 fully saturated rings. The van der Waals surface area contributed by atoms with Gasteiger partial charge in [-0.1, -0.05) is 0 Å². The predicted octanol–water partition coefficient (Wildman–Crippen LogP) is 3.89. The Morgan fingerprint density at radius 3 is 2.63 bits per heavy atom. The van der Waals surface area contributed by atoms with Gasteiger partial charge < -0.3 is 4.57 Å². The molecule has 19 heavy (non-hydrogen) atoms. The molecule has 1 heterocycles. The third-order valence-corrected chi connectivity index (χ3v) is 2.83. The smallest absolute Gasteiger partial charge is 0.347 e. The number of fused-ring (bicyclic) bond motifs is 1. The first kappa shape index (κ1) is 13.4. The molecular weight excluding hydrogens is 261 g/mol. The maximum atomic E-state index is 12.1. The van der Waals surface area contributed by atoms with Crippen LogP contribution in [0.4, 0.5) is 18.9 Å².